The van der Waals surface area contributed by atoms with Crippen LogP contribution >= 0.6 is 0 Å². The summed E-state index contributed by atoms with van der Waals surface area (Å²) in [5.41, 5.74) is 1.62. The quantitative estimate of drug-likeness (QED) is 0.420. The summed E-state index contributed by atoms with van der Waals surface area (Å²) in [7, 11) is 7.57. The topological polar surface area (TPSA) is 100 Å². The number of carbonyl (C=O) groups is 2. The molecule has 33 heavy (non-hydrogen) atoms. The molecule has 3 heterocycles. The summed E-state index contributed by atoms with van der Waals surface area (Å²) >= 11 is 0. The molecular weight excluding hydrogens is 425 g/mol. The third-order valence-electron chi connectivity index (χ3n) is 4.82. The molecule has 3 rings (SSSR count). The van der Waals surface area contributed by atoms with Crippen LogP contribution in [0.15, 0.2) is 42.6 Å². The highest BCUT2D eigenvalue weighted by Crippen LogP contribution is 2.22. The fraction of sp³-hybridized carbons (Fsp3) is 0.391. The Morgan fingerprint density at radius 2 is 1.97 bits per heavy atom. The standard InChI is InChI=1S/C23H26BN3O6/c1-16(28)32-19-14-21(24)33-20(19)15-31-23(29)30-13-12-27(2)22-8-5-7-18(26-22)10-9-17-6-3-4-11-25-17/h3-11,19-21H,12-15H2,1-2H3/b10-9+/t19-,20-,21-/m1/s1. The van der Waals surface area contributed by atoms with Crippen LogP contribution in [0.4, 0.5) is 10.6 Å². The Balaban J connectivity index is 1.41. The highest BCUT2D eigenvalue weighted by Gasteiger charge is 2.36. The van der Waals surface area contributed by atoms with Gasteiger partial charge in [0.2, 0.25) is 0 Å². The van der Waals surface area contributed by atoms with E-state index in [0.29, 0.717) is 13.0 Å². The molecule has 1 aliphatic rings. The fourth-order valence-electron chi connectivity index (χ4n) is 3.19. The second-order valence-electron chi connectivity index (χ2n) is 7.44. The van der Waals surface area contributed by atoms with Crippen LogP contribution in [0, 0.1) is 0 Å². The van der Waals surface area contributed by atoms with Crippen molar-refractivity contribution in [2.75, 3.05) is 31.7 Å². The van der Waals surface area contributed by atoms with Gasteiger partial charge in [0, 0.05) is 32.6 Å². The number of likely N-dealkylation sites (N-methyl/N-ethyl adjacent to an activating group) is 1. The van der Waals surface area contributed by atoms with E-state index in [-0.39, 0.29) is 13.2 Å². The molecule has 0 saturated carbocycles. The number of carbonyl (C=O) groups excluding carboxylic acids is 2. The molecule has 1 aliphatic heterocycles. The molecular formula is C23H26BN3O6. The van der Waals surface area contributed by atoms with E-state index in [1.54, 1.807) is 6.20 Å². The van der Waals surface area contributed by atoms with Crippen molar-refractivity contribution in [2.24, 2.45) is 0 Å². The number of pyridine rings is 2. The Kier molecular flexibility index (Phi) is 8.83. The van der Waals surface area contributed by atoms with Gasteiger partial charge in [0.25, 0.3) is 0 Å². The second-order valence-corrected chi connectivity index (χ2v) is 7.44. The molecule has 1 fully saturated rings. The van der Waals surface area contributed by atoms with Crippen LogP contribution in [0.2, 0.25) is 0 Å². The largest absolute Gasteiger partial charge is 0.508 e. The lowest BCUT2D eigenvalue weighted by atomic mass is 9.96. The van der Waals surface area contributed by atoms with Crippen molar-refractivity contribution in [1.82, 2.24) is 9.97 Å². The van der Waals surface area contributed by atoms with Crippen LogP contribution in [0.1, 0.15) is 24.7 Å². The van der Waals surface area contributed by atoms with Crippen molar-refractivity contribution < 1.29 is 28.5 Å². The average Bonchev–Trinajstić information content (AvgIpc) is 3.15. The normalized spacial score (nSPS) is 19.9. The SMILES string of the molecule is [B][C@H]1C[C@@H](OC(C)=O)[C@@H](COC(=O)OCCN(C)c2cccc(/C=C/c3ccccn3)n2)O1. The summed E-state index contributed by atoms with van der Waals surface area (Å²) in [6.07, 6.45) is 3.83. The Morgan fingerprint density at radius 3 is 2.73 bits per heavy atom. The molecule has 2 aromatic heterocycles. The van der Waals surface area contributed by atoms with Crippen LogP contribution in [0.25, 0.3) is 12.2 Å². The number of anilines is 1. The Hall–Kier alpha value is -3.40. The van der Waals surface area contributed by atoms with E-state index in [4.69, 9.17) is 26.8 Å². The molecule has 0 aromatic carbocycles. The number of ether oxygens (including phenoxy) is 4. The first-order chi connectivity index (χ1) is 15.9. The number of hydrogen-bond acceptors (Lipinski definition) is 9. The van der Waals surface area contributed by atoms with Gasteiger partial charge in [-0.3, -0.25) is 9.78 Å². The lowest BCUT2D eigenvalue weighted by Crippen LogP contribution is -2.32. The van der Waals surface area contributed by atoms with Crippen LogP contribution in [0.5, 0.6) is 0 Å². The Morgan fingerprint density at radius 1 is 1.18 bits per heavy atom. The van der Waals surface area contributed by atoms with Crippen molar-refractivity contribution in [1.29, 1.82) is 0 Å². The van der Waals surface area contributed by atoms with E-state index >= 15 is 0 Å². The van der Waals surface area contributed by atoms with E-state index in [1.807, 2.05) is 60.5 Å². The molecule has 1 saturated heterocycles. The zero-order valence-electron chi connectivity index (χ0n) is 18.6. The zero-order chi connectivity index (χ0) is 23.6. The van der Waals surface area contributed by atoms with Crippen molar-refractivity contribution in [3.63, 3.8) is 0 Å². The van der Waals surface area contributed by atoms with Crippen molar-refractivity contribution >= 4 is 37.9 Å². The summed E-state index contributed by atoms with van der Waals surface area (Å²) in [5, 5.41) is 0. The fourth-order valence-corrected chi connectivity index (χ4v) is 3.19. The lowest BCUT2D eigenvalue weighted by molar-refractivity contribution is -0.150. The van der Waals surface area contributed by atoms with Crippen molar-refractivity contribution in [3.8, 4) is 0 Å². The maximum absolute atomic E-state index is 11.9. The first-order valence-electron chi connectivity index (χ1n) is 10.6. The number of rotatable bonds is 9. The average molecular weight is 451 g/mol. The van der Waals surface area contributed by atoms with Gasteiger partial charge in [-0.05, 0) is 36.4 Å². The molecule has 0 unspecified atom stereocenters. The van der Waals surface area contributed by atoms with Crippen LogP contribution < -0.4 is 4.90 Å². The summed E-state index contributed by atoms with van der Waals surface area (Å²) in [6.45, 7) is 1.69. The second kappa shape index (κ2) is 12.0. The first-order valence-corrected chi connectivity index (χ1v) is 10.6. The van der Waals surface area contributed by atoms with E-state index < -0.39 is 30.3 Å². The molecule has 2 aromatic rings. The van der Waals surface area contributed by atoms with E-state index in [0.717, 1.165) is 17.2 Å². The third kappa shape index (κ3) is 7.91. The highest BCUT2D eigenvalue weighted by molar-refractivity contribution is 6.11. The van der Waals surface area contributed by atoms with Crippen molar-refractivity contribution in [2.45, 2.75) is 31.6 Å². The molecule has 0 aliphatic carbocycles. The first kappa shape index (κ1) is 24.3. The molecule has 2 radical (unpaired) electrons. The molecule has 0 bridgehead atoms. The van der Waals surface area contributed by atoms with E-state index in [1.165, 1.54) is 6.92 Å². The highest BCUT2D eigenvalue weighted by atomic mass is 16.7. The Labute approximate surface area is 194 Å². The molecule has 9 nitrogen and oxygen atoms in total. The van der Waals surface area contributed by atoms with Gasteiger partial charge in [0.1, 0.15) is 39.1 Å². The van der Waals surface area contributed by atoms with Gasteiger partial charge in [0.05, 0.1) is 17.9 Å². The molecule has 0 amide bonds. The minimum Gasteiger partial charge on any atom is -0.460 e. The number of nitrogens with zero attached hydrogens (tertiary/aromatic N) is 3. The lowest BCUT2D eigenvalue weighted by Gasteiger charge is -2.19. The molecule has 3 atom stereocenters. The number of esters is 1. The van der Waals surface area contributed by atoms with Crippen molar-refractivity contribution in [3.05, 3.63) is 54.0 Å². The molecule has 0 spiro atoms. The van der Waals surface area contributed by atoms with Gasteiger partial charge in [-0.25, -0.2) is 9.78 Å². The van der Waals surface area contributed by atoms with E-state index in [2.05, 4.69) is 9.97 Å². The third-order valence-corrected chi connectivity index (χ3v) is 4.82. The number of hydrogen-bond donors (Lipinski definition) is 0. The van der Waals surface area contributed by atoms with Gasteiger partial charge < -0.3 is 23.8 Å². The van der Waals surface area contributed by atoms with Crippen LogP contribution in [0.3, 0.4) is 0 Å². The maximum Gasteiger partial charge on any atom is 0.508 e. The van der Waals surface area contributed by atoms with Gasteiger partial charge in [-0.15, -0.1) is 0 Å². The molecule has 172 valence electrons. The zero-order valence-corrected chi connectivity index (χ0v) is 18.6. The van der Waals surface area contributed by atoms with Gasteiger partial charge >= 0.3 is 12.1 Å². The minimum atomic E-state index is -0.839. The molecule has 10 heteroatoms. The summed E-state index contributed by atoms with van der Waals surface area (Å²) < 4.78 is 20.8. The minimum absolute atomic E-state index is 0.101. The Bertz CT molecular complexity index is 958. The smallest absolute Gasteiger partial charge is 0.460 e. The van der Waals surface area contributed by atoms with Gasteiger partial charge in [0.15, 0.2) is 0 Å². The van der Waals surface area contributed by atoms with E-state index in [9.17, 15) is 9.59 Å². The van der Waals surface area contributed by atoms with Gasteiger partial charge in [-0.1, -0.05) is 12.1 Å². The summed E-state index contributed by atoms with van der Waals surface area (Å²) in [5.74, 6) is 0.283. The van der Waals surface area contributed by atoms with Crippen LogP contribution in [-0.4, -0.2) is 75.0 Å². The predicted octanol–water partition coefficient (Wildman–Crippen LogP) is 2.45. The number of aromatic nitrogens is 2. The summed E-state index contributed by atoms with van der Waals surface area (Å²) in [4.78, 5) is 33.8. The monoisotopic (exact) mass is 451 g/mol. The maximum atomic E-state index is 11.9. The predicted molar refractivity (Wildman–Crippen MR) is 123 cm³/mol. The van der Waals surface area contributed by atoms with Gasteiger partial charge in [-0.2, -0.15) is 0 Å². The summed E-state index contributed by atoms with van der Waals surface area (Å²) in [6, 6.07) is 10.8. The van der Waals surface area contributed by atoms with Crippen LogP contribution in [-0.2, 0) is 23.7 Å². The molecule has 0 N–H and O–H groups in total.